The van der Waals surface area contributed by atoms with Gasteiger partial charge in [0.2, 0.25) is 0 Å². The van der Waals surface area contributed by atoms with Gasteiger partial charge in [-0.05, 0) is 20.4 Å². The van der Waals surface area contributed by atoms with Crippen LogP contribution in [-0.2, 0) is 4.79 Å². The second-order valence-electron chi connectivity index (χ2n) is 2.66. The summed E-state index contributed by atoms with van der Waals surface area (Å²) in [6.07, 6.45) is -1.15. The molecule has 3 nitrogen and oxygen atoms in total. The van der Waals surface area contributed by atoms with E-state index >= 15 is 0 Å². The Kier molecular flexibility index (Phi) is 8.07. The van der Waals surface area contributed by atoms with Crippen LogP contribution in [0, 0.1) is 0 Å². The Morgan fingerprint density at radius 1 is 1.54 bits per heavy atom. The van der Waals surface area contributed by atoms with Gasteiger partial charge in [0.05, 0.1) is 0 Å². The van der Waals surface area contributed by atoms with Gasteiger partial charge in [-0.3, -0.25) is 4.79 Å². The molecular weight excluding hydrogens is 213 g/mol. The first-order chi connectivity index (χ1) is 5.24. The number of hydrogen-bond acceptors (Lipinski definition) is 2. The smallest absolute Gasteiger partial charge is 0.480 e. The van der Waals surface area contributed by atoms with Crippen molar-refractivity contribution >= 4 is 12.9 Å². The van der Waals surface area contributed by atoms with Crippen molar-refractivity contribution in [1.82, 2.24) is 4.90 Å². The third kappa shape index (κ3) is 7.95. The van der Waals surface area contributed by atoms with E-state index in [0.717, 1.165) is 11.9 Å². The maximum Gasteiger partial charge on any atom is 1.00 e. The zero-order chi connectivity index (χ0) is 9.94. The molecule has 0 aliphatic carbocycles. The van der Waals surface area contributed by atoms with Crippen molar-refractivity contribution < 1.29 is 74.2 Å². The van der Waals surface area contributed by atoms with Gasteiger partial charge in [0, 0.05) is 0 Å². The van der Waals surface area contributed by atoms with Gasteiger partial charge in [0.1, 0.15) is 6.04 Å². The fourth-order valence-electron chi connectivity index (χ4n) is 0.673. The van der Waals surface area contributed by atoms with Gasteiger partial charge >= 0.3 is 64.3 Å². The molecule has 8 heteroatoms. The van der Waals surface area contributed by atoms with E-state index < -0.39 is 25.4 Å². The van der Waals surface area contributed by atoms with Gasteiger partial charge in [-0.1, -0.05) is 0 Å². The van der Waals surface area contributed by atoms with Gasteiger partial charge in [-0.15, -0.1) is 0 Å². The molecule has 0 rings (SSSR count). The fourth-order valence-corrected chi connectivity index (χ4v) is 0.673. The quantitative estimate of drug-likeness (QED) is 0.549. The van der Waals surface area contributed by atoms with Gasteiger partial charge < -0.3 is 23.0 Å². The average Bonchev–Trinajstić information content (AvgIpc) is 1.82. The number of nitrogens with zero attached hydrogens (tertiary/aromatic N) is 1. The Labute approximate surface area is 117 Å². The van der Waals surface area contributed by atoms with E-state index in [4.69, 9.17) is 5.11 Å². The second-order valence-corrected chi connectivity index (χ2v) is 2.66. The largest absolute Gasteiger partial charge is 1.00 e. The maximum absolute atomic E-state index is 11.8. The number of carbonyl (C=O) groups is 1. The Morgan fingerprint density at radius 3 is 2.15 bits per heavy atom. The van der Waals surface area contributed by atoms with Crippen LogP contribution >= 0.6 is 0 Å². The Morgan fingerprint density at radius 2 is 1.92 bits per heavy atom. The molecule has 1 atom stereocenters. The Balaban J connectivity index is 0. The van der Waals surface area contributed by atoms with Crippen LogP contribution in [0.15, 0.2) is 0 Å². The number of aliphatic carboxylic acids is 1. The molecule has 0 aromatic carbocycles. The zero-order valence-corrected chi connectivity index (χ0v) is 10.9. The standard InChI is InChI=1S/C5H10BF3NO2.K/c1-4(5(11)12)10(2)3-6(7,8)9;/h4H,3H2,1-2H3,(H,11,12);/q-1;+1/t4-;/m0./s1. The molecule has 0 bridgehead atoms. The summed E-state index contributed by atoms with van der Waals surface area (Å²) in [7, 11) is 1.13. The summed E-state index contributed by atoms with van der Waals surface area (Å²) in [5.74, 6) is -1.25. The van der Waals surface area contributed by atoms with Gasteiger partial charge in [0.15, 0.2) is 0 Å². The number of rotatable bonds is 4. The molecule has 0 radical (unpaired) electrons. The molecule has 0 unspecified atom stereocenters. The van der Waals surface area contributed by atoms with Gasteiger partial charge in [-0.25, -0.2) is 0 Å². The van der Waals surface area contributed by atoms with Crippen molar-refractivity contribution in [2.45, 2.75) is 13.0 Å². The number of halogens is 3. The minimum atomic E-state index is -4.94. The first-order valence-electron chi connectivity index (χ1n) is 3.38. The molecule has 0 amide bonds. The molecule has 0 spiro atoms. The normalized spacial score (nSPS) is 13.7. The van der Waals surface area contributed by atoms with Crippen LogP contribution in [0.1, 0.15) is 6.92 Å². The molecule has 0 saturated carbocycles. The third-order valence-corrected chi connectivity index (χ3v) is 1.51. The molecule has 0 aromatic rings. The summed E-state index contributed by atoms with van der Waals surface area (Å²) in [6, 6.07) is -1.10. The summed E-state index contributed by atoms with van der Waals surface area (Å²) >= 11 is 0. The van der Waals surface area contributed by atoms with Crippen LogP contribution in [0.2, 0.25) is 0 Å². The van der Waals surface area contributed by atoms with Crippen LogP contribution < -0.4 is 51.4 Å². The molecule has 72 valence electrons. The summed E-state index contributed by atoms with van der Waals surface area (Å²) < 4.78 is 35.3. The van der Waals surface area contributed by atoms with E-state index in [2.05, 4.69) is 0 Å². The summed E-state index contributed by atoms with van der Waals surface area (Å²) in [4.78, 5) is 11.0. The van der Waals surface area contributed by atoms with Gasteiger partial charge in [-0.2, -0.15) is 0 Å². The number of carboxylic acid groups (broad SMARTS) is 1. The molecular formula is C5H10BF3KNO2. The number of hydrogen-bond donors (Lipinski definition) is 1. The number of carboxylic acids is 1. The van der Waals surface area contributed by atoms with Crippen LogP contribution in [0.25, 0.3) is 0 Å². The van der Waals surface area contributed by atoms with E-state index in [9.17, 15) is 17.7 Å². The Bertz CT molecular complexity index is 178. The fraction of sp³-hybridized carbons (Fsp3) is 0.800. The van der Waals surface area contributed by atoms with Crippen molar-refractivity contribution in [3.63, 3.8) is 0 Å². The van der Waals surface area contributed by atoms with E-state index in [1.807, 2.05) is 0 Å². The second kappa shape index (κ2) is 6.41. The first kappa shape index (κ1) is 16.4. The van der Waals surface area contributed by atoms with E-state index in [-0.39, 0.29) is 51.4 Å². The van der Waals surface area contributed by atoms with Crippen LogP contribution in [0.4, 0.5) is 12.9 Å². The molecule has 13 heavy (non-hydrogen) atoms. The minimum Gasteiger partial charge on any atom is -0.480 e. The van der Waals surface area contributed by atoms with Crippen molar-refractivity contribution in [3.05, 3.63) is 0 Å². The molecule has 0 aliphatic rings. The van der Waals surface area contributed by atoms with E-state index in [1.54, 1.807) is 0 Å². The predicted molar refractivity (Wildman–Crippen MR) is 38.8 cm³/mol. The van der Waals surface area contributed by atoms with Crippen molar-refractivity contribution in [3.8, 4) is 0 Å². The SMILES string of the molecule is C[C@@H](C(=O)O)N(C)C[B-](F)(F)F.[K+]. The Hall–Kier alpha value is 0.921. The minimum absolute atomic E-state index is 0. The molecule has 0 aromatic heterocycles. The monoisotopic (exact) mass is 223 g/mol. The summed E-state index contributed by atoms with van der Waals surface area (Å²) in [6.45, 7) is -3.73. The van der Waals surface area contributed by atoms with Crippen molar-refractivity contribution in [2.24, 2.45) is 0 Å². The third-order valence-electron chi connectivity index (χ3n) is 1.51. The summed E-state index contributed by atoms with van der Waals surface area (Å²) in [5, 5.41) is 8.35. The molecule has 0 fully saturated rings. The molecule has 0 saturated heterocycles. The van der Waals surface area contributed by atoms with Crippen LogP contribution in [0.3, 0.4) is 0 Å². The summed E-state index contributed by atoms with van der Waals surface area (Å²) in [5.41, 5.74) is 0. The van der Waals surface area contributed by atoms with Gasteiger partial charge in [0.25, 0.3) is 0 Å². The van der Waals surface area contributed by atoms with E-state index in [0.29, 0.717) is 0 Å². The van der Waals surface area contributed by atoms with Crippen LogP contribution in [0.5, 0.6) is 0 Å². The van der Waals surface area contributed by atoms with Crippen LogP contribution in [-0.4, -0.2) is 42.5 Å². The predicted octanol–water partition coefficient (Wildman–Crippen LogP) is -2.22. The first-order valence-corrected chi connectivity index (χ1v) is 3.38. The number of likely N-dealkylation sites (N-methyl/N-ethyl adjacent to an activating group) is 1. The van der Waals surface area contributed by atoms with Crippen molar-refractivity contribution in [2.75, 3.05) is 13.5 Å². The molecule has 1 N–H and O–H groups in total. The molecule has 0 heterocycles. The zero-order valence-electron chi connectivity index (χ0n) is 7.80. The topological polar surface area (TPSA) is 40.5 Å². The average molecular weight is 223 g/mol. The van der Waals surface area contributed by atoms with E-state index in [1.165, 1.54) is 6.92 Å². The van der Waals surface area contributed by atoms with Crippen molar-refractivity contribution in [1.29, 1.82) is 0 Å². The molecule has 0 aliphatic heterocycles. The maximum atomic E-state index is 11.8.